The highest BCUT2D eigenvalue weighted by molar-refractivity contribution is 6.21. The molecule has 0 N–H and O–H groups in total. The maximum atomic E-state index is 14.1. The number of ether oxygens (including phenoxy) is 2. The summed E-state index contributed by atoms with van der Waals surface area (Å²) < 4.78 is 52.6. The summed E-state index contributed by atoms with van der Waals surface area (Å²) in [6.45, 7) is 6.62. The van der Waals surface area contributed by atoms with E-state index in [-0.39, 0.29) is 12.1 Å². The summed E-state index contributed by atoms with van der Waals surface area (Å²) in [5, 5.41) is 0. The molecule has 0 saturated heterocycles. The number of hydrogen-bond donors (Lipinski definition) is 0. The first-order valence-corrected chi connectivity index (χ1v) is 8.99. The number of anilines is 1. The van der Waals surface area contributed by atoms with Crippen molar-refractivity contribution in [3.63, 3.8) is 0 Å². The predicted octanol–water partition coefficient (Wildman–Crippen LogP) is 3.51. The zero-order chi connectivity index (χ0) is 21.8. The van der Waals surface area contributed by atoms with Crippen molar-refractivity contribution in [3.8, 4) is 0 Å². The maximum absolute atomic E-state index is 14.1. The molecule has 1 aromatic rings. The van der Waals surface area contributed by atoms with Crippen molar-refractivity contribution < 1.29 is 32.2 Å². The van der Waals surface area contributed by atoms with Crippen molar-refractivity contribution in [2.75, 3.05) is 18.6 Å². The number of nitrogens with zero attached hydrogens (tertiary/aromatic N) is 2. The van der Waals surface area contributed by atoms with Crippen molar-refractivity contribution in [1.29, 1.82) is 0 Å². The van der Waals surface area contributed by atoms with E-state index in [4.69, 9.17) is 4.74 Å². The van der Waals surface area contributed by atoms with Gasteiger partial charge >= 0.3 is 12.1 Å². The number of carbonyl (C=O) groups is 2. The van der Waals surface area contributed by atoms with E-state index in [1.165, 1.54) is 11.0 Å². The molecule has 1 aromatic carbocycles. The highest BCUT2D eigenvalue weighted by Crippen LogP contribution is 2.54. The molecule has 3 rings (SSSR count). The van der Waals surface area contributed by atoms with Crippen LogP contribution in [0.3, 0.4) is 0 Å². The molecule has 0 aliphatic carbocycles. The van der Waals surface area contributed by atoms with E-state index >= 15 is 0 Å². The smallest absolute Gasteiger partial charge is 0.422 e. The van der Waals surface area contributed by atoms with E-state index in [1.54, 1.807) is 45.9 Å². The number of esters is 1. The van der Waals surface area contributed by atoms with Crippen LogP contribution < -0.4 is 4.90 Å². The Kier molecular flexibility index (Phi) is 4.76. The number of rotatable bonds is 2. The van der Waals surface area contributed by atoms with Crippen LogP contribution in [0.4, 0.5) is 18.9 Å². The lowest BCUT2D eigenvalue weighted by molar-refractivity contribution is -0.143. The lowest BCUT2D eigenvalue weighted by Gasteiger charge is -2.25. The second-order valence-electron chi connectivity index (χ2n) is 7.68. The minimum Gasteiger partial charge on any atom is -0.466 e. The van der Waals surface area contributed by atoms with Crippen molar-refractivity contribution in [2.45, 2.75) is 45.0 Å². The molecule has 29 heavy (non-hydrogen) atoms. The Morgan fingerprint density at radius 3 is 2.38 bits per heavy atom. The zero-order valence-electron chi connectivity index (χ0n) is 16.7. The third kappa shape index (κ3) is 3.08. The van der Waals surface area contributed by atoms with Crippen molar-refractivity contribution in [2.24, 2.45) is 4.99 Å². The molecule has 1 amide bonds. The van der Waals surface area contributed by atoms with Gasteiger partial charge in [0.1, 0.15) is 11.1 Å². The molecule has 1 spiro atoms. The van der Waals surface area contributed by atoms with Gasteiger partial charge < -0.3 is 14.4 Å². The standard InChI is InChI=1S/C20H21F3N2O4/c1-6-25-12-10-8-7-9-11(12)19(17(25)27)14(16(26)28-5)13(20(21,22)23)15(29-19)24-18(2,3)4/h7-10H,6H2,1-5H3. The molecule has 1 atom stereocenters. The second-order valence-corrected chi connectivity index (χ2v) is 7.68. The second kappa shape index (κ2) is 6.60. The predicted molar refractivity (Wildman–Crippen MR) is 99.5 cm³/mol. The summed E-state index contributed by atoms with van der Waals surface area (Å²) in [7, 11) is 0.957. The molecule has 0 fully saturated rings. The number of methoxy groups -OCH3 is 1. The third-order valence-corrected chi connectivity index (χ3v) is 4.61. The van der Waals surface area contributed by atoms with Gasteiger partial charge in [-0.1, -0.05) is 18.2 Å². The monoisotopic (exact) mass is 410 g/mol. The number of likely N-dealkylation sites (N-methyl/N-ethyl adjacent to an activating group) is 1. The summed E-state index contributed by atoms with van der Waals surface area (Å²) in [5.41, 5.74) is -5.02. The van der Waals surface area contributed by atoms with E-state index in [2.05, 4.69) is 9.73 Å². The highest BCUT2D eigenvalue weighted by atomic mass is 19.4. The summed E-state index contributed by atoms with van der Waals surface area (Å²) in [6.07, 6.45) is -4.99. The Balaban J connectivity index is 2.44. The number of benzene rings is 1. The van der Waals surface area contributed by atoms with Gasteiger partial charge in [0.2, 0.25) is 11.5 Å². The van der Waals surface area contributed by atoms with E-state index in [0.717, 1.165) is 7.11 Å². The van der Waals surface area contributed by atoms with Crippen LogP contribution in [-0.4, -0.2) is 43.1 Å². The highest BCUT2D eigenvalue weighted by Gasteiger charge is 2.66. The summed E-state index contributed by atoms with van der Waals surface area (Å²) in [6, 6.07) is 6.28. The van der Waals surface area contributed by atoms with Crippen molar-refractivity contribution >= 4 is 23.5 Å². The summed E-state index contributed by atoms with van der Waals surface area (Å²) in [4.78, 5) is 31.3. The number of para-hydroxylation sites is 1. The molecule has 156 valence electrons. The van der Waals surface area contributed by atoms with Gasteiger partial charge in [-0.05, 0) is 33.8 Å². The van der Waals surface area contributed by atoms with Crippen LogP contribution in [0.25, 0.3) is 0 Å². The van der Waals surface area contributed by atoms with Gasteiger partial charge in [0.25, 0.3) is 5.91 Å². The minimum atomic E-state index is -4.99. The van der Waals surface area contributed by atoms with E-state index in [1.807, 2.05) is 0 Å². The molecule has 2 aliphatic rings. The molecule has 2 heterocycles. The molecule has 0 aromatic heterocycles. The fraction of sp³-hybridized carbons (Fsp3) is 0.450. The van der Waals surface area contributed by atoms with Gasteiger partial charge in [0.05, 0.1) is 18.3 Å². The number of carbonyl (C=O) groups excluding carboxylic acids is 2. The van der Waals surface area contributed by atoms with Crippen molar-refractivity contribution in [1.82, 2.24) is 0 Å². The molecule has 1 unspecified atom stereocenters. The van der Waals surface area contributed by atoms with Crippen LogP contribution in [0.1, 0.15) is 33.3 Å². The van der Waals surface area contributed by atoms with Gasteiger partial charge in [0, 0.05) is 12.1 Å². The van der Waals surface area contributed by atoms with Crippen molar-refractivity contribution in [3.05, 3.63) is 41.0 Å². The first kappa shape index (κ1) is 20.9. The Bertz CT molecular complexity index is 944. The Labute approximate surface area is 166 Å². The summed E-state index contributed by atoms with van der Waals surface area (Å²) in [5.74, 6) is -2.88. The van der Waals surface area contributed by atoms with Crippen LogP contribution in [0.5, 0.6) is 0 Å². The molecule has 0 saturated carbocycles. The molecule has 0 bridgehead atoms. The van der Waals surface area contributed by atoms with Crippen LogP contribution in [0, 0.1) is 0 Å². The number of halogens is 3. The summed E-state index contributed by atoms with van der Waals surface area (Å²) >= 11 is 0. The Hall–Kier alpha value is -2.84. The Morgan fingerprint density at radius 1 is 1.24 bits per heavy atom. The van der Waals surface area contributed by atoms with Crippen LogP contribution >= 0.6 is 0 Å². The largest absolute Gasteiger partial charge is 0.466 e. The third-order valence-electron chi connectivity index (χ3n) is 4.61. The van der Waals surface area contributed by atoms with E-state index in [9.17, 15) is 22.8 Å². The van der Waals surface area contributed by atoms with Crippen LogP contribution in [0.15, 0.2) is 40.4 Å². The topological polar surface area (TPSA) is 68.2 Å². The lowest BCUT2D eigenvalue weighted by atomic mass is 9.85. The maximum Gasteiger partial charge on any atom is 0.422 e. The van der Waals surface area contributed by atoms with Gasteiger partial charge in [-0.3, -0.25) is 4.79 Å². The number of amides is 1. The Morgan fingerprint density at radius 2 is 1.86 bits per heavy atom. The molecule has 0 radical (unpaired) electrons. The van der Waals surface area contributed by atoms with Crippen LogP contribution in [-0.2, 0) is 24.7 Å². The van der Waals surface area contributed by atoms with Gasteiger partial charge in [0.15, 0.2) is 0 Å². The number of alkyl halides is 3. The lowest BCUT2D eigenvalue weighted by Crippen LogP contribution is -2.44. The fourth-order valence-corrected chi connectivity index (χ4v) is 3.60. The van der Waals surface area contributed by atoms with E-state index < -0.39 is 46.2 Å². The first-order chi connectivity index (χ1) is 13.4. The van der Waals surface area contributed by atoms with E-state index in [0.29, 0.717) is 5.69 Å². The SMILES string of the molecule is CCN1C(=O)C2(OC(=NC(C)(C)C)C(C(F)(F)F)=C2C(=O)OC)c2ccccc21. The van der Waals surface area contributed by atoms with Gasteiger partial charge in [-0.2, -0.15) is 13.2 Å². The average Bonchev–Trinajstić information content (AvgIpc) is 3.07. The molecular weight excluding hydrogens is 389 g/mol. The zero-order valence-corrected chi connectivity index (χ0v) is 16.7. The number of fused-ring (bicyclic) bond motifs is 2. The van der Waals surface area contributed by atoms with Crippen LogP contribution in [0.2, 0.25) is 0 Å². The van der Waals surface area contributed by atoms with Gasteiger partial charge in [-0.25, -0.2) is 9.79 Å². The number of hydrogen-bond acceptors (Lipinski definition) is 5. The normalized spacial score (nSPS) is 23.1. The average molecular weight is 410 g/mol. The molecule has 9 heteroatoms. The molecule has 2 aliphatic heterocycles. The quantitative estimate of drug-likeness (QED) is 0.700. The minimum absolute atomic E-state index is 0.146. The fourth-order valence-electron chi connectivity index (χ4n) is 3.60. The number of aliphatic imine (C=N–C) groups is 1. The molecular formula is C20H21F3N2O4. The molecule has 6 nitrogen and oxygen atoms in total. The first-order valence-electron chi connectivity index (χ1n) is 8.99. The van der Waals surface area contributed by atoms with Gasteiger partial charge in [-0.15, -0.1) is 0 Å².